The number of hydrogen-bond donors (Lipinski definition) is 1. The number of benzene rings is 3. The van der Waals surface area contributed by atoms with Gasteiger partial charge in [0.2, 0.25) is 5.91 Å². The number of carbonyl (C=O) groups is 1. The molecule has 0 saturated heterocycles. The highest BCUT2D eigenvalue weighted by atomic mass is 16.5. The van der Waals surface area contributed by atoms with Crippen molar-refractivity contribution in [1.29, 1.82) is 0 Å². The van der Waals surface area contributed by atoms with Gasteiger partial charge in [-0.2, -0.15) is 0 Å². The predicted molar refractivity (Wildman–Crippen MR) is 103 cm³/mol. The molecule has 0 bridgehead atoms. The summed E-state index contributed by atoms with van der Waals surface area (Å²) in [6, 6.07) is 22.7. The molecule has 0 unspecified atom stereocenters. The molecule has 0 aliphatic rings. The van der Waals surface area contributed by atoms with E-state index in [9.17, 15) is 4.79 Å². The molecule has 1 N–H and O–H groups in total. The number of para-hydroxylation sites is 1. The maximum atomic E-state index is 12.3. The van der Waals surface area contributed by atoms with Crippen molar-refractivity contribution in [1.82, 2.24) is 0 Å². The van der Waals surface area contributed by atoms with E-state index in [0.717, 1.165) is 28.3 Å². The Kier molecular flexibility index (Phi) is 5.54. The number of ether oxygens (including phenoxy) is 2. The second kappa shape index (κ2) is 8.21. The van der Waals surface area contributed by atoms with Crippen LogP contribution in [-0.4, -0.2) is 13.0 Å². The number of nitrogens with one attached hydrogen (secondary N) is 1. The summed E-state index contributed by atoms with van der Waals surface area (Å²) in [5.41, 5.74) is 2.72. The summed E-state index contributed by atoms with van der Waals surface area (Å²) >= 11 is 0. The standard InChI is InChI=1S/C22H21NO3/c1-16-6-5-8-20(14-16)26-19-12-10-18(11-13-19)23-22(24)15-17-7-3-4-9-21(17)25-2/h3-14H,15H2,1-2H3,(H,23,24). The van der Waals surface area contributed by atoms with Crippen LogP contribution in [0.25, 0.3) is 0 Å². The van der Waals surface area contributed by atoms with Gasteiger partial charge in [-0.05, 0) is 55.0 Å². The van der Waals surface area contributed by atoms with Gasteiger partial charge in [0.15, 0.2) is 0 Å². The van der Waals surface area contributed by atoms with Crippen LogP contribution < -0.4 is 14.8 Å². The fourth-order valence-electron chi connectivity index (χ4n) is 2.65. The summed E-state index contributed by atoms with van der Waals surface area (Å²) < 4.78 is 11.1. The van der Waals surface area contributed by atoms with Crippen molar-refractivity contribution in [2.75, 3.05) is 12.4 Å². The van der Waals surface area contributed by atoms with E-state index in [1.165, 1.54) is 0 Å². The summed E-state index contributed by atoms with van der Waals surface area (Å²) in [5, 5.41) is 2.89. The van der Waals surface area contributed by atoms with E-state index in [-0.39, 0.29) is 12.3 Å². The number of carbonyl (C=O) groups excluding carboxylic acids is 1. The Morgan fingerprint density at radius 3 is 2.42 bits per heavy atom. The van der Waals surface area contributed by atoms with Gasteiger partial charge in [0, 0.05) is 11.3 Å². The molecule has 0 spiro atoms. The van der Waals surface area contributed by atoms with E-state index < -0.39 is 0 Å². The van der Waals surface area contributed by atoms with Gasteiger partial charge in [-0.1, -0.05) is 30.3 Å². The first-order valence-corrected chi connectivity index (χ1v) is 8.40. The van der Waals surface area contributed by atoms with Crippen LogP contribution in [0.4, 0.5) is 5.69 Å². The molecule has 3 rings (SSSR count). The fourth-order valence-corrected chi connectivity index (χ4v) is 2.65. The van der Waals surface area contributed by atoms with Crippen molar-refractivity contribution >= 4 is 11.6 Å². The van der Waals surface area contributed by atoms with Crippen LogP contribution in [-0.2, 0) is 11.2 Å². The Bertz CT molecular complexity index is 888. The molecule has 0 radical (unpaired) electrons. The van der Waals surface area contributed by atoms with Crippen LogP contribution in [0.3, 0.4) is 0 Å². The predicted octanol–water partition coefficient (Wildman–Crippen LogP) is 4.98. The van der Waals surface area contributed by atoms with Crippen molar-refractivity contribution in [2.24, 2.45) is 0 Å². The third-order valence-electron chi connectivity index (χ3n) is 3.91. The van der Waals surface area contributed by atoms with Crippen LogP contribution in [0.1, 0.15) is 11.1 Å². The van der Waals surface area contributed by atoms with Gasteiger partial charge in [0.05, 0.1) is 13.5 Å². The Balaban J connectivity index is 1.61. The van der Waals surface area contributed by atoms with Gasteiger partial charge >= 0.3 is 0 Å². The lowest BCUT2D eigenvalue weighted by molar-refractivity contribution is -0.115. The van der Waals surface area contributed by atoms with Crippen LogP contribution >= 0.6 is 0 Å². The van der Waals surface area contributed by atoms with Crippen LogP contribution in [0, 0.1) is 6.92 Å². The molecule has 0 aliphatic heterocycles. The van der Waals surface area contributed by atoms with E-state index in [2.05, 4.69) is 5.32 Å². The molecule has 0 aromatic heterocycles. The van der Waals surface area contributed by atoms with Gasteiger partial charge in [0.1, 0.15) is 17.2 Å². The quantitative estimate of drug-likeness (QED) is 0.684. The zero-order valence-electron chi connectivity index (χ0n) is 14.9. The molecule has 0 atom stereocenters. The van der Waals surface area contributed by atoms with Crippen molar-refractivity contribution < 1.29 is 14.3 Å². The van der Waals surface area contributed by atoms with E-state index in [1.807, 2.05) is 79.7 Å². The average molecular weight is 347 g/mol. The molecule has 4 heteroatoms. The highest BCUT2D eigenvalue weighted by Crippen LogP contribution is 2.24. The second-order valence-corrected chi connectivity index (χ2v) is 5.98. The van der Waals surface area contributed by atoms with E-state index >= 15 is 0 Å². The zero-order valence-corrected chi connectivity index (χ0v) is 14.9. The van der Waals surface area contributed by atoms with Crippen molar-refractivity contribution in [3.05, 3.63) is 83.9 Å². The third kappa shape index (κ3) is 4.63. The van der Waals surface area contributed by atoms with Crippen molar-refractivity contribution in [3.8, 4) is 17.2 Å². The highest BCUT2D eigenvalue weighted by Gasteiger charge is 2.08. The maximum absolute atomic E-state index is 12.3. The fraction of sp³-hybridized carbons (Fsp3) is 0.136. The molecular weight excluding hydrogens is 326 g/mol. The molecule has 4 nitrogen and oxygen atoms in total. The maximum Gasteiger partial charge on any atom is 0.228 e. The van der Waals surface area contributed by atoms with Crippen molar-refractivity contribution in [3.63, 3.8) is 0 Å². The lowest BCUT2D eigenvalue weighted by Gasteiger charge is -2.10. The normalized spacial score (nSPS) is 10.2. The van der Waals surface area contributed by atoms with Gasteiger partial charge in [-0.15, -0.1) is 0 Å². The summed E-state index contributed by atoms with van der Waals surface area (Å²) in [7, 11) is 1.60. The molecule has 1 amide bonds. The Morgan fingerprint density at radius 1 is 0.923 bits per heavy atom. The smallest absolute Gasteiger partial charge is 0.228 e. The number of rotatable bonds is 6. The lowest BCUT2D eigenvalue weighted by Crippen LogP contribution is -2.14. The molecule has 3 aromatic carbocycles. The van der Waals surface area contributed by atoms with Crippen LogP contribution in [0.5, 0.6) is 17.2 Å². The summed E-state index contributed by atoms with van der Waals surface area (Å²) in [6.45, 7) is 2.02. The summed E-state index contributed by atoms with van der Waals surface area (Å²) in [5.74, 6) is 2.13. The number of hydrogen-bond acceptors (Lipinski definition) is 3. The van der Waals surface area contributed by atoms with Gasteiger partial charge < -0.3 is 14.8 Å². The van der Waals surface area contributed by atoms with E-state index in [4.69, 9.17) is 9.47 Å². The first-order valence-electron chi connectivity index (χ1n) is 8.40. The largest absolute Gasteiger partial charge is 0.496 e. The Hall–Kier alpha value is -3.27. The minimum atomic E-state index is -0.0955. The zero-order chi connectivity index (χ0) is 18.4. The minimum Gasteiger partial charge on any atom is -0.496 e. The number of anilines is 1. The summed E-state index contributed by atoms with van der Waals surface area (Å²) in [4.78, 5) is 12.3. The molecule has 26 heavy (non-hydrogen) atoms. The first kappa shape index (κ1) is 17.5. The molecule has 132 valence electrons. The van der Waals surface area contributed by atoms with Gasteiger partial charge in [0.25, 0.3) is 0 Å². The third-order valence-corrected chi connectivity index (χ3v) is 3.91. The van der Waals surface area contributed by atoms with Crippen LogP contribution in [0.2, 0.25) is 0 Å². The number of methoxy groups -OCH3 is 1. The van der Waals surface area contributed by atoms with Gasteiger partial charge in [-0.25, -0.2) is 0 Å². The SMILES string of the molecule is COc1ccccc1CC(=O)Nc1ccc(Oc2cccc(C)c2)cc1. The molecule has 0 fully saturated rings. The molecule has 3 aromatic rings. The monoisotopic (exact) mass is 347 g/mol. The molecule has 0 saturated carbocycles. The van der Waals surface area contributed by atoms with E-state index in [0.29, 0.717) is 5.75 Å². The van der Waals surface area contributed by atoms with E-state index in [1.54, 1.807) is 7.11 Å². The number of amides is 1. The molecular formula is C22H21NO3. The number of aryl methyl sites for hydroxylation is 1. The minimum absolute atomic E-state index is 0.0955. The molecule has 0 aliphatic carbocycles. The highest BCUT2D eigenvalue weighted by molar-refractivity contribution is 5.92. The Labute approximate surface area is 153 Å². The Morgan fingerprint density at radius 2 is 1.69 bits per heavy atom. The van der Waals surface area contributed by atoms with Gasteiger partial charge in [-0.3, -0.25) is 4.79 Å². The lowest BCUT2D eigenvalue weighted by atomic mass is 10.1. The second-order valence-electron chi connectivity index (χ2n) is 5.98. The summed E-state index contributed by atoms with van der Waals surface area (Å²) in [6.07, 6.45) is 0.256. The molecule has 0 heterocycles. The average Bonchev–Trinajstić information content (AvgIpc) is 2.64. The van der Waals surface area contributed by atoms with Crippen LogP contribution in [0.15, 0.2) is 72.8 Å². The first-order chi connectivity index (χ1) is 12.6. The van der Waals surface area contributed by atoms with Crippen molar-refractivity contribution in [2.45, 2.75) is 13.3 Å². The topological polar surface area (TPSA) is 47.6 Å².